The van der Waals surface area contributed by atoms with Gasteiger partial charge in [0.1, 0.15) is 0 Å². The molecule has 0 heterocycles. The Morgan fingerprint density at radius 2 is 1.61 bits per heavy atom. The van der Waals surface area contributed by atoms with Gasteiger partial charge in [0, 0.05) is 5.92 Å². The quantitative estimate of drug-likeness (QED) is 0.121. The SMILES string of the molecule is C=CCC1C(CCC(C)(CCCCC)O[Si](C)(C)C(C)(C)C)=CCC1O[Si](CC)(CC)CC. The minimum atomic E-state index is -1.82. The van der Waals surface area contributed by atoms with Crippen molar-refractivity contribution < 1.29 is 8.85 Å². The summed E-state index contributed by atoms with van der Waals surface area (Å²) in [6, 6.07) is 3.67. The van der Waals surface area contributed by atoms with Gasteiger partial charge in [0.25, 0.3) is 0 Å². The topological polar surface area (TPSA) is 18.5 Å². The van der Waals surface area contributed by atoms with Crippen molar-refractivity contribution in [3.8, 4) is 0 Å². The summed E-state index contributed by atoms with van der Waals surface area (Å²) < 4.78 is 14.1. The van der Waals surface area contributed by atoms with Crippen molar-refractivity contribution in [3.63, 3.8) is 0 Å². The third kappa shape index (κ3) is 8.77. The second kappa shape index (κ2) is 13.2. The van der Waals surface area contributed by atoms with E-state index in [1.807, 2.05) is 0 Å². The van der Waals surface area contributed by atoms with Gasteiger partial charge in [-0.2, -0.15) is 0 Å². The van der Waals surface area contributed by atoms with Gasteiger partial charge >= 0.3 is 0 Å². The molecule has 0 fully saturated rings. The summed E-state index contributed by atoms with van der Waals surface area (Å²) in [7, 11) is -3.43. The predicted molar refractivity (Wildman–Crippen MR) is 153 cm³/mol. The van der Waals surface area contributed by atoms with Crippen LogP contribution in [0.2, 0.25) is 36.3 Å². The zero-order valence-corrected chi connectivity index (χ0v) is 26.1. The van der Waals surface area contributed by atoms with Crippen LogP contribution in [0.25, 0.3) is 0 Å². The molecule has 0 radical (unpaired) electrons. The van der Waals surface area contributed by atoms with Gasteiger partial charge in [-0.3, -0.25) is 0 Å². The second-order valence-corrected chi connectivity index (χ2v) is 21.8. The molecule has 1 aliphatic rings. The molecule has 0 saturated carbocycles. The van der Waals surface area contributed by atoms with Crippen LogP contribution in [0.3, 0.4) is 0 Å². The van der Waals surface area contributed by atoms with Crippen molar-refractivity contribution in [2.24, 2.45) is 5.92 Å². The second-order valence-electron chi connectivity index (χ2n) is 12.3. The van der Waals surface area contributed by atoms with Gasteiger partial charge in [0.2, 0.25) is 0 Å². The van der Waals surface area contributed by atoms with Gasteiger partial charge in [0.15, 0.2) is 16.6 Å². The van der Waals surface area contributed by atoms with Crippen LogP contribution < -0.4 is 0 Å². The van der Waals surface area contributed by atoms with Crippen LogP contribution in [0.15, 0.2) is 24.3 Å². The summed E-state index contributed by atoms with van der Waals surface area (Å²) in [4.78, 5) is 0. The Bertz CT molecular complexity index is 607. The van der Waals surface area contributed by atoms with E-state index in [0.29, 0.717) is 12.0 Å². The normalized spacial score (nSPS) is 21.7. The fourth-order valence-corrected chi connectivity index (χ4v) is 9.84. The van der Waals surface area contributed by atoms with E-state index >= 15 is 0 Å². The minimum absolute atomic E-state index is 0.0363. The first-order chi connectivity index (χ1) is 15.3. The van der Waals surface area contributed by atoms with Crippen molar-refractivity contribution in [1.29, 1.82) is 0 Å². The molecule has 0 saturated heterocycles. The Morgan fingerprint density at radius 1 is 1.00 bits per heavy atom. The first kappa shape index (κ1) is 30.9. The van der Waals surface area contributed by atoms with Crippen molar-refractivity contribution in [2.75, 3.05) is 0 Å². The zero-order chi connectivity index (χ0) is 25.3. The molecule has 0 amide bonds. The molecular formula is C29H58O2Si2. The molecule has 0 bridgehead atoms. The third-order valence-corrected chi connectivity index (χ3v) is 18.1. The van der Waals surface area contributed by atoms with Crippen molar-refractivity contribution in [1.82, 2.24) is 0 Å². The maximum atomic E-state index is 7.12. The van der Waals surface area contributed by atoms with E-state index in [1.165, 1.54) is 43.8 Å². The summed E-state index contributed by atoms with van der Waals surface area (Å²) in [6.45, 7) is 27.7. The summed E-state index contributed by atoms with van der Waals surface area (Å²) in [6.07, 6.45) is 14.3. The monoisotopic (exact) mass is 494 g/mol. The maximum Gasteiger partial charge on any atom is 0.192 e. The van der Waals surface area contributed by atoms with Gasteiger partial charge < -0.3 is 8.85 Å². The number of rotatable bonds is 16. The summed E-state index contributed by atoms with van der Waals surface area (Å²) in [5.74, 6) is 0.506. The molecule has 0 spiro atoms. The Morgan fingerprint density at radius 3 is 2.09 bits per heavy atom. The smallest absolute Gasteiger partial charge is 0.192 e. The van der Waals surface area contributed by atoms with Gasteiger partial charge in [-0.1, -0.05) is 85.5 Å². The molecule has 3 atom stereocenters. The molecule has 0 aromatic heterocycles. The molecule has 0 N–H and O–H groups in total. The zero-order valence-electron chi connectivity index (χ0n) is 24.1. The van der Waals surface area contributed by atoms with Crippen LogP contribution in [0, 0.1) is 5.92 Å². The average Bonchev–Trinajstić information content (AvgIpc) is 3.11. The maximum absolute atomic E-state index is 7.12. The number of hydrogen-bond acceptors (Lipinski definition) is 2. The first-order valence-corrected chi connectivity index (χ1v) is 19.4. The van der Waals surface area contributed by atoms with Crippen molar-refractivity contribution >= 4 is 16.6 Å². The lowest BCUT2D eigenvalue weighted by atomic mass is 9.87. The molecule has 0 aromatic rings. The molecule has 4 heteroatoms. The predicted octanol–water partition coefficient (Wildman–Crippen LogP) is 10.0. The molecule has 33 heavy (non-hydrogen) atoms. The van der Waals surface area contributed by atoms with Crippen LogP contribution >= 0.6 is 0 Å². The highest BCUT2D eigenvalue weighted by molar-refractivity contribution is 6.74. The van der Waals surface area contributed by atoms with Crippen LogP contribution in [0.4, 0.5) is 0 Å². The largest absolute Gasteiger partial charge is 0.413 e. The van der Waals surface area contributed by atoms with E-state index in [2.05, 4.69) is 87.2 Å². The summed E-state index contributed by atoms with van der Waals surface area (Å²) >= 11 is 0. The molecule has 1 rings (SSSR count). The minimum Gasteiger partial charge on any atom is -0.413 e. The highest BCUT2D eigenvalue weighted by atomic mass is 28.4. The Kier molecular flexibility index (Phi) is 12.4. The number of allylic oxidation sites excluding steroid dienone is 1. The van der Waals surface area contributed by atoms with Gasteiger partial charge in [0.05, 0.1) is 11.7 Å². The molecule has 3 unspecified atom stereocenters. The van der Waals surface area contributed by atoms with E-state index in [-0.39, 0.29) is 10.6 Å². The van der Waals surface area contributed by atoms with Crippen LogP contribution in [0.5, 0.6) is 0 Å². The summed E-state index contributed by atoms with van der Waals surface area (Å²) in [5.41, 5.74) is 1.57. The van der Waals surface area contributed by atoms with Crippen molar-refractivity contribution in [2.45, 2.75) is 155 Å². The highest BCUT2D eigenvalue weighted by Crippen LogP contribution is 2.44. The fourth-order valence-electron chi connectivity index (χ4n) is 5.20. The number of unbranched alkanes of at least 4 members (excludes halogenated alkanes) is 2. The molecule has 0 aromatic carbocycles. The molecule has 194 valence electrons. The van der Waals surface area contributed by atoms with E-state index < -0.39 is 16.6 Å². The standard InChI is InChI=1S/C29H58O2Si2/c1-12-17-18-23-29(9,31-32(10,11)28(6,7)8)24-22-25-20-21-27(26(25)19-13-2)30-33(14-3,15-4)16-5/h13,20,26-27H,2,12,14-19,21-24H2,1,3-11H3. The molecule has 1 aliphatic carbocycles. The first-order valence-electron chi connectivity index (χ1n) is 14.0. The Labute approximate surface area is 210 Å². The van der Waals surface area contributed by atoms with E-state index in [1.54, 1.807) is 5.57 Å². The van der Waals surface area contributed by atoms with Crippen LogP contribution in [0.1, 0.15) is 107 Å². The lowest BCUT2D eigenvalue weighted by Crippen LogP contribution is -2.48. The Hall–Kier alpha value is -0.166. The molecule has 2 nitrogen and oxygen atoms in total. The lowest BCUT2D eigenvalue weighted by Gasteiger charge is -2.45. The summed E-state index contributed by atoms with van der Waals surface area (Å²) in [5, 5.41) is 0.240. The Balaban J connectivity index is 2.98. The van der Waals surface area contributed by atoms with Gasteiger partial charge in [-0.05, 0) is 75.3 Å². The number of hydrogen-bond donors (Lipinski definition) is 0. The van der Waals surface area contributed by atoms with Crippen LogP contribution in [-0.2, 0) is 8.85 Å². The third-order valence-electron chi connectivity index (χ3n) is 8.85. The van der Waals surface area contributed by atoms with E-state index in [9.17, 15) is 0 Å². The van der Waals surface area contributed by atoms with Crippen molar-refractivity contribution in [3.05, 3.63) is 24.3 Å². The average molecular weight is 495 g/mol. The molecule has 0 aliphatic heterocycles. The van der Waals surface area contributed by atoms with Crippen LogP contribution in [-0.4, -0.2) is 28.3 Å². The van der Waals surface area contributed by atoms with E-state index in [0.717, 1.165) is 25.7 Å². The fraction of sp³-hybridized carbons (Fsp3) is 0.862. The molecular weight excluding hydrogens is 436 g/mol. The van der Waals surface area contributed by atoms with E-state index in [4.69, 9.17) is 8.85 Å². The van der Waals surface area contributed by atoms with Gasteiger partial charge in [-0.15, -0.1) is 6.58 Å². The highest BCUT2D eigenvalue weighted by Gasteiger charge is 2.43. The van der Waals surface area contributed by atoms with Gasteiger partial charge in [-0.25, -0.2) is 0 Å². The lowest BCUT2D eigenvalue weighted by molar-refractivity contribution is 0.0504.